The van der Waals surface area contributed by atoms with Crippen molar-refractivity contribution in [1.29, 1.82) is 0 Å². The molecule has 2 aliphatic rings. The molecule has 7 heteroatoms. The average molecular weight is 354 g/mol. The van der Waals surface area contributed by atoms with Gasteiger partial charge in [-0.2, -0.15) is 17.0 Å². The van der Waals surface area contributed by atoms with Crippen LogP contribution in [0.5, 0.6) is 11.5 Å². The maximum Gasteiger partial charge on any atom is 0.282 e. The van der Waals surface area contributed by atoms with E-state index < -0.39 is 10.2 Å². The SMILES string of the molecule is CCCN(CC1COc2ccccc2O1)S(=O)(=O)N1CCCCC1. The summed E-state index contributed by atoms with van der Waals surface area (Å²) in [5, 5.41) is 0. The Kier molecular flexibility index (Phi) is 5.63. The molecule has 0 aromatic heterocycles. The highest BCUT2D eigenvalue weighted by Gasteiger charge is 2.33. The summed E-state index contributed by atoms with van der Waals surface area (Å²) in [6, 6.07) is 7.50. The Labute approximate surface area is 144 Å². The topological polar surface area (TPSA) is 59.1 Å². The molecular formula is C17H26N2O4S. The number of nitrogens with zero attached hydrogens (tertiary/aromatic N) is 2. The fraction of sp³-hybridized carbons (Fsp3) is 0.647. The zero-order valence-corrected chi connectivity index (χ0v) is 15.0. The molecule has 1 unspecified atom stereocenters. The van der Waals surface area contributed by atoms with Crippen molar-refractivity contribution in [2.75, 3.05) is 32.8 Å². The van der Waals surface area contributed by atoms with Gasteiger partial charge < -0.3 is 9.47 Å². The molecule has 0 radical (unpaired) electrons. The van der Waals surface area contributed by atoms with E-state index in [2.05, 4.69) is 0 Å². The normalized spacial score (nSPS) is 21.8. The molecule has 0 N–H and O–H groups in total. The predicted octanol–water partition coefficient (Wildman–Crippen LogP) is 2.27. The quantitative estimate of drug-likeness (QED) is 0.786. The van der Waals surface area contributed by atoms with Crippen LogP contribution in [0.1, 0.15) is 32.6 Å². The Morgan fingerprint density at radius 1 is 1.17 bits per heavy atom. The number of ether oxygens (including phenoxy) is 2. The van der Waals surface area contributed by atoms with Gasteiger partial charge in [-0.15, -0.1) is 0 Å². The molecule has 2 aliphatic heterocycles. The molecule has 1 atom stereocenters. The van der Waals surface area contributed by atoms with Gasteiger partial charge in [-0.1, -0.05) is 25.5 Å². The van der Waals surface area contributed by atoms with Crippen LogP contribution in [-0.2, 0) is 10.2 Å². The summed E-state index contributed by atoms with van der Waals surface area (Å²) in [6.07, 6.45) is 3.48. The van der Waals surface area contributed by atoms with Crippen LogP contribution in [0.3, 0.4) is 0 Å². The van der Waals surface area contributed by atoms with Crippen LogP contribution in [0.2, 0.25) is 0 Å². The van der Waals surface area contributed by atoms with Gasteiger partial charge in [-0.3, -0.25) is 0 Å². The smallest absolute Gasteiger partial charge is 0.282 e. The van der Waals surface area contributed by atoms with E-state index in [1.54, 1.807) is 8.61 Å². The molecule has 1 saturated heterocycles. The number of fused-ring (bicyclic) bond motifs is 1. The highest BCUT2D eigenvalue weighted by molar-refractivity contribution is 7.86. The van der Waals surface area contributed by atoms with Crippen LogP contribution < -0.4 is 9.47 Å². The van der Waals surface area contributed by atoms with Crippen LogP contribution in [0, 0.1) is 0 Å². The molecule has 0 amide bonds. The first kappa shape index (κ1) is 17.5. The Morgan fingerprint density at radius 2 is 1.88 bits per heavy atom. The lowest BCUT2D eigenvalue weighted by Crippen LogP contribution is -2.50. The van der Waals surface area contributed by atoms with Crippen molar-refractivity contribution in [2.24, 2.45) is 0 Å². The van der Waals surface area contributed by atoms with Gasteiger partial charge >= 0.3 is 0 Å². The molecule has 3 rings (SSSR count). The molecule has 0 saturated carbocycles. The van der Waals surface area contributed by atoms with E-state index >= 15 is 0 Å². The molecule has 1 aromatic rings. The van der Waals surface area contributed by atoms with Crippen molar-refractivity contribution < 1.29 is 17.9 Å². The van der Waals surface area contributed by atoms with Gasteiger partial charge in [-0.25, -0.2) is 0 Å². The van der Waals surface area contributed by atoms with Crippen molar-refractivity contribution >= 4 is 10.2 Å². The fourth-order valence-corrected chi connectivity index (χ4v) is 5.00. The van der Waals surface area contributed by atoms with Crippen molar-refractivity contribution in [3.63, 3.8) is 0 Å². The second-order valence-corrected chi connectivity index (χ2v) is 8.25. The second kappa shape index (κ2) is 7.72. The highest BCUT2D eigenvalue weighted by atomic mass is 32.2. The van der Waals surface area contributed by atoms with Crippen molar-refractivity contribution in [2.45, 2.75) is 38.7 Å². The van der Waals surface area contributed by atoms with Gasteiger partial charge in [0.05, 0.1) is 6.54 Å². The van der Waals surface area contributed by atoms with Crippen molar-refractivity contribution in [1.82, 2.24) is 8.61 Å². The molecule has 1 fully saturated rings. The minimum absolute atomic E-state index is 0.286. The fourth-order valence-electron chi connectivity index (χ4n) is 3.19. The Hall–Kier alpha value is -1.31. The highest BCUT2D eigenvalue weighted by Crippen LogP contribution is 2.31. The minimum atomic E-state index is -3.43. The molecule has 24 heavy (non-hydrogen) atoms. The molecule has 134 valence electrons. The summed E-state index contributed by atoms with van der Waals surface area (Å²) in [7, 11) is -3.43. The maximum atomic E-state index is 13.0. The molecule has 0 bridgehead atoms. The first-order chi connectivity index (χ1) is 11.6. The van der Waals surface area contributed by atoms with Crippen LogP contribution in [0.15, 0.2) is 24.3 Å². The Morgan fingerprint density at radius 3 is 2.58 bits per heavy atom. The van der Waals surface area contributed by atoms with E-state index in [1.165, 1.54) is 0 Å². The lowest BCUT2D eigenvalue weighted by atomic mass is 10.2. The second-order valence-electron chi connectivity index (χ2n) is 6.32. The summed E-state index contributed by atoms with van der Waals surface area (Å²) in [5.41, 5.74) is 0. The summed E-state index contributed by atoms with van der Waals surface area (Å²) in [4.78, 5) is 0. The maximum absolute atomic E-state index is 13.0. The van der Waals surface area contributed by atoms with Crippen LogP contribution in [0.4, 0.5) is 0 Å². The zero-order chi connectivity index (χ0) is 17.0. The van der Waals surface area contributed by atoms with E-state index in [1.807, 2.05) is 31.2 Å². The van der Waals surface area contributed by atoms with Gasteiger partial charge in [0.25, 0.3) is 10.2 Å². The van der Waals surface area contributed by atoms with Crippen LogP contribution in [-0.4, -0.2) is 55.9 Å². The van der Waals surface area contributed by atoms with Crippen LogP contribution in [0.25, 0.3) is 0 Å². The lowest BCUT2D eigenvalue weighted by molar-refractivity contribution is 0.0749. The Balaban J connectivity index is 1.70. The van der Waals surface area contributed by atoms with E-state index in [9.17, 15) is 8.42 Å². The molecule has 0 spiro atoms. The molecule has 1 aromatic carbocycles. The standard InChI is InChI=1S/C17H26N2O4S/c1-2-10-19(24(20,21)18-11-6-3-7-12-18)13-15-14-22-16-8-4-5-9-17(16)23-15/h4-5,8-9,15H,2-3,6-7,10-14H2,1H3. The van der Waals surface area contributed by atoms with Crippen molar-refractivity contribution in [3.05, 3.63) is 24.3 Å². The number of hydrogen-bond donors (Lipinski definition) is 0. The van der Waals surface area contributed by atoms with E-state index in [-0.39, 0.29) is 6.10 Å². The summed E-state index contributed by atoms with van der Waals surface area (Å²) in [5.74, 6) is 1.40. The van der Waals surface area contributed by atoms with Gasteiger partial charge in [-0.05, 0) is 31.4 Å². The number of piperidine rings is 1. The van der Waals surface area contributed by atoms with Gasteiger partial charge in [0, 0.05) is 19.6 Å². The number of benzene rings is 1. The molecule has 0 aliphatic carbocycles. The van der Waals surface area contributed by atoms with E-state index in [0.29, 0.717) is 38.5 Å². The van der Waals surface area contributed by atoms with Crippen LogP contribution >= 0.6 is 0 Å². The summed E-state index contributed by atoms with van der Waals surface area (Å²) >= 11 is 0. The summed E-state index contributed by atoms with van der Waals surface area (Å²) in [6.45, 7) is 4.42. The largest absolute Gasteiger partial charge is 0.486 e. The predicted molar refractivity (Wildman–Crippen MR) is 92.6 cm³/mol. The monoisotopic (exact) mass is 354 g/mol. The van der Waals surface area contributed by atoms with Crippen molar-refractivity contribution in [3.8, 4) is 11.5 Å². The number of para-hydroxylation sites is 2. The average Bonchev–Trinajstić information content (AvgIpc) is 2.62. The number of hydrogen-bond acceptors (Lipinski definition) is 4. The molecule has 2 heterocycles. The third-order valence-electron chi connectivity index (χ3n) is 4.42. The number of rotatable bonds is 6. The van der Waals surface area contributed by atoms with Gasteiger partial charge in [0.15, 0.2) is 11.5 Å². The third kappa shape index (κ3) is 3.84. The minimum Gasteiger partial charge on any atom is -0.486 e. The van der Waals surface area contributed by atoms with Gasteiger partial charge in [0.2, 0.25) is 0 Å². The van der Waals surface area contributed by atoms with E-state index in [4.69, 9.17) is 9.47 Å². The molecular weight excluding hydrogens is 328 g/mol. The van der Waals surface area contributed by atoms with Gasteiger partial charge in [0.1, 0.15) is 12.7 Å². The zero-order valence-electron chi connectivity index (χ0n) is 14.2. The first-order valence-electron chi connectivity index (χ1n) is 8.75. The Bertz CT molecular complexity index is 644. The third-order valence-corrected chi connectivity index (χ3v) is 6.42. The van der Waals surface area contributed by atoms with E-state index in [0.717, 1.165) is 31.4 Å². The summed E-state index contributed by atoms with van der Waals surface area (Å²) < 4.78 is 40.7. The first-order valence-corrected chi connectivity index (χ1v) is 10.1. The molecule has 6 nitrogen and oxygen atoms in total. The lowest BCUT2D eigenvalue weighted by Gasteiger charge is -2.35.